The summed E-state index contributed by atoms with van der Waals surface area (Å²) in [6, 6.07) is 22.0. The maximum atomic E-state index is 14.5. The maximum absolute atomic E-state index is 14.5. The average molecular weight is 536 g/mol. The second-order valence-electron chi connectivity index (χ2n) is 9.38. The van der Waals surface area contributed by atoms with Crippen LogP contribution in [0.1, 0.15) is 29.0 Å². The molecule has 0 N–H and O–H groups in total. The molecule has 8 heteroatoms. The Labute approximate surface area is 227 Å². The van der Waals surface area contributed by atoms with Gasteiger partial charge in [-0.15, -0.1) is 12.4 Å². The van der Waals surface area contributed by atoms with E-state index in [0.717, 1.165) is 77.2 Å². The second kappa shape index (κ2) is 11.2. The number of carbonyl (C=O) groups excluding carboxylic acids is 1. The lowest BCUT2D eigenvalue weighted by Gasteiger charge is -2.32. The minimum Gasteiger partial charge on any atom is -0.457 e. The van der Waals surface area contributed by atoms with Gasteiger partial charge in [0.1, 0.15) is 11.5 Å². The fraction of sp³-hybridized carbons (Fsp3) is 0.310. The maximum Gasteiger partial charge on any atom is 0.241 e. The Hall–Kier alpha value is -2.97. The van der Waals surface area contributed by atoms with E-state index in [4.69, 9.17) is 14.5 Å². The van der Waals surface area contributed by atoms with Gasteiger partial charge in [0.05, 0.1) is 29.3 Å². The van der Waals surface area contributed by atoms with Crippen LogP contribution in [0.25, 0.3) is 10.2 Å². The predicted octanol–water partition coefficient (Wildman–Crippen LogP) is 6.02. The van der Waals surface area contributed by atoms with Crippen molar-refractivity contribution in [3.63, 3.8) is 0 Å². The van der Waals surface area contributed by atoms with Crippen molar-refractivity contribution in [1.82, 2.24) is 9.88 Å². The number of morpholine rings is 1. The monoisotopic (exact) mass is 535 g/mol. The number of aromatic nitrogens is 1. The van der Waals surface area contributed by atoms with Gasteiger partial charge >= 0.3 is 0 Å². The number of nitrogens with zero attached hydrogens (tertiary/aromatic N) is 3. The van der Waals surface area contributed by atoms with Crippen LogP contribution >= 0.6 is 23.7 Å². The third-order valence-corrected chi connectivity index (χ3v) is 7.96. The molecule has 192 valence electrons. The van der Waals surface area contributed by atoms with E-state index in [-0.39, 0.29) is 18.3 Å². The summed E-state index contributed by atoms with van der Waals surface area (Å²) in [6.45, 7) is 7.05. The molecule has 0 radical (unpaired) electrons. The fourth-order valence-electron chi connectivity index (χ4n) is 5.04. The molecule has 6 rings (SSSR count). The number of para-hydroxylation sites is 2. The van der Waals surface area contributed by atoms with Crippen LogP contribution in [0, 0.1) is 6.92 Å². The molecule has 4 aromatic rings. The number of anilines is 1. The molecule has 0 bridgehead atoms. The third kappa shape index (κ3) is 5.22. The molecule has 0 unspecified atom stereocenters. The number of carbonyl (C=O) groups is 1. The smallest absolute Gasteiger partial charge is 0.241 e. The molecule has 0 saturated carbocycles. The zero-order valence-corrected chi connectivity index (χ0v) is 22.4. The lowest BCUT2D eigenvalue weighted by Crippen LogP contribution is -2.40. The number of amides is 1. The molecular formula is C29H30ClN3O3S. The van der Waals surface area contributed by atoms with Gasteiger partial charge in [0, 0.05) is 37.3 Å². The van der Waals surface area contributed by atoms with Crippen LogP contribution in [0.3, 0.4) is 0 Å². The molecule has 3 heterocycles. The Morgan fingerprint density at radius 1 is 1.03 bits per heavy atom. The minimum absolute atomic E-state index is 0. The summed E-state index contributed by atoms with van der Waals surface area (Å²) in [5.41, 5.74) is 3.92. The van der Waals surface area contributed by atoms with Crippen LogP contribution in [-0.2, 0) is 9.53 Å². The predicted molar refractivity (Wildman–Crippen MR) is 151 cm³/mol. The molecule has 0 atom stereocenters. The van der Waals surface area contributed by atoms with Gasteiger partial charge in [0.25, 0.3) is 0 Å². The van der Waals surface area contributed by atoms with E-state index in [2.05, 4.69) is 24.0 Å². The number of benzene rings is 3. The largest absolute Gasteiger partial charge is 0.457 e. The SMILES string of the molecule is Cc1ccc2nc(N(CCCN3CCOCC3)C(=O)C3c4ccccc4Oc4ccccc43)sc2c1.Cl. The Morgan fingerprint density at radius 2 is 1.70 bits per heavy atom. The van der Waals surface area contributed by atoms with Crippen LogP contribution in [-0.4, -0.2) is 55.2 Å². The lowest BCUT2D eigenvalue weighted by atomic mass is 9.87. The molecule has 1 saturated heterocycles. The molecule has 1 fully saturated rings. The molecular weight excluding hydrogens is 506 g/mol. The Bertz CT molecular complexity index is 1360. The number of thiazole rings is 1. The molecule has 1 amide bonds. The number of fused-ring (bicyclic) bond motifs is 3. The van der Waals surface area contributed by atoms with Crippen molar-refractivity contribution in [2.45, 2.75) is 19.3 Å². The first-order chi connectivity index (χ1) is 17.7. The quantitative estimate of drug-likeness (QED) is 0.302. The van der Waals surface area contributed by atoms with E-state index in [0.29, 0.717) is 6.54 Å². The van der Waals surface area contributed by atoms with Gasteiger partial charge < -0.3 is 9.47 Å². The third-order valence-electron chi connectivity index (χ3n) is 6.92. The van der Waals surface area contributed by atoms with E-state index >= 15 is 0 Å². The Morgan fingerprint density at radius 3 is 2.41 bits per heavy atom. The average Bonchev–Trinajstić information content (AvgIpc) is 3.32. The summed E-state index contributed by atoms with van der Waals surface area (Å²) in [6.07, 6.45) is 0.868. The highest BCUT2D eigenvalue weighted by molar-refractivity contribution is 7.22. The first-order valence-corrected chi connectivity index (χ1v) is 13.3. The van der Waals surface area contributed by atoms with Crippen molar-refractivity contribution in [1.29, 1.82) is 0 Å². The van der Waals surface area contributed by atoms with Crippen LogP contribution in [0.15, 0.2) is 66.7 Å². The summed E-state index contributed by atoms with van der Waals surface area (Å²) < 4.78 is 12.8. The zero-order chi connectivity index (χ0) is 24.5. The lowest BCUT2D eigenvalue weighted by molar-refractivity contribution is -0.119. The van der Waals surface area contributed by atoms with E-state index in [1.54, 1.807) is 11.3 Å². The topological polar surface area (TPSA) is 54.9 Å². The van der Waals surface area contributed by atoms with Crippen LogP contribution < -0.4 is 9.64 Å². The molecule has 0 spiro atoms. The van der Waals surface area contributed by atoms with Crippen molar-refractivity contribution in [3.05, 3.63) is 83.4 Å². The summed E-state index contributed by atoms with van der Waals surface area (Å²) in [5, 5.41) is 0.754. The highest BCUT2D eigenvalue weighted by Gasteiger charge is 2.36. The van der Waals surface area contributed by atoms with Gasteiger partial charge in [-0.1, -0.05) is 53.8 Å². The number of hydrogen-bond donors (Lipinski definition) is 0. The van der Waals surface area contributed by atoms with E-state index < -0.39 is 5.92 Å². The molecule has 2 aliphatic heterocycles. The standard InChI is InChI=1S/C29H29N3O3S.ClH/c1-20-11-12-23-26(19-20)36-29(30-23)32(14-6-13-31-15-17-34-18-16-31)28(33)27-21-7-2-4-9-24(21)35-25-10-5-3-8-22(25)27;/h2-5,7-12,19,27H,6,13-18H2,1H3;1H. The van der Waals surface area contributed by atoms with E-state index in [1.165, 1.54) is 5.56 Å². The number of halogens is 1. The van der Waals surface area contributed by atoms with Crippen molar-refractivity contribution in [2.75, 3.05) is 44.3 Å². The highest BCUT2D eigenvalue weighted by Crippen LogP contribution is 2.45. The fourth-order valence-corrected chi connectivity index (χ4v) is 6.14. The molecule has 3 aromatic carbocycles. The number of ether oxygens (including phenoxy) is 2. The molecule has 1 aromatic heterocycles. The van der Waals surface area contributed by atoms with E-state index in [9.17, 15) is 4.79 Å². The summed E-state index contributed by atoms with van der Waals surface area (Å²) >= 11 is 1.59. The van der Waals surface area contributed by atoms with Crippen molar-refractivity contribution >= 4 is 45.0 Å². The first kappa shape index (κ1) is 25.7. The molecule has 37 heavy (non-hydrogen) atoms. The summed E-state index contributed by atoms with van der Waals surface area (Å²) in [5.74, 6) is 1.07. The normalized spacial score (nSPS) is 15.4. The second-order valence-corrected chi connectivity index (χ2v) is 10.4. The molecule has 0 aliphatic carbocycles. The van der Waals surface area contributed by atoms with Crippen LogP contribution in [0.2, 0.25) is 0 Å². The van der Waals surface area contributed by atoms with E-state index in [1.807, 2.05) is 59.5 Å². The van der Waals surface area contributed by atoms with Crippen LogP contribution in [0.4, 0.5) is 5.13 Å². The number of aryl methyl sites for hydroxylation is 1. The van der Waals surface area contributed by atoms with Gasteiger partial charge in [-0.05, 0) is 43.2 Å². The number of hydrogen-bond acceptors (Lipinski definition) is 6. The van der Waals surface area contributed by atoms with Crippen LogP contribution in [0.5, 0.6) is 11.5 Å². The van der Waals surface area contributed by atoms with Gasteiger partial charge in [-0.2, -0.15) is 0 Å². The van der Waals surface area contributed by atoms with Crippen molar-refractivity contribution in [3.8, 4) is 11.5 Å². The van der Waals surface area contributed by atoms with Gasteiger partial charge in [0.15, 0.2) is 5.13 Å². The van der Waals surface area contributed by atoms with Gasteiger partial charge in [-0.25, -0.2) is 4.98 Å². The number of rotatable bonds is 6. The molecule has 2 aliphatic rings. The first-order valence-electron chi connectivity index (χ1n) is 12.5. The van der Waals surface area contributed by atoms with Crippen molar-refractivity contribution in [2.24, 2.45) is 0 Å². The van der Waals surface area contributed by atoms with Crippen molar-refractivity contribution < 1.29 is 14.3 Å². The minimum atomic E-state index is -0.441. The Kier molecular flexibility index (Phi) is 7.76. The van der Waals surface area contributed by atoms with Gasteiger partial charge in [-0.3, -0.25) is 14.6 Å². The summed E-state index contributed by atoms with van der Waals surface area (Å²) in [4.78, 5) is 23.7. The zero-order valence-electron chi connectivity index (χ0n) is 20.8. The summed E-state index contributed by atoms with van der Waals surface area (Å²) in [7, 11) is 0. The van der Waals surface area contributed by atoms with Gasteiger partial charge in [0.2, 0.25) is 5.91 Å². The highest BCUT2D eigenvalue weighted by atomic mass is 35.5. The molecule has 6 nitrogen and oxygen atoms in total. The Balaban J connectivity index is 0.00000280.